The minimum Gasteiger partial charge on any atom is -0.435 e. The summed E-state index contributed by atoms with van der Waals surface area (Å²) < 4.78 is 23.2. The Hall–Kier alpha value is 0.297. The van der Waals surface area contributed by atoms with Crippen molar-refractivity contribution in [3.05, 3.63) is 0 Å². The summed E-state index contributed by atoms with van der Waals surface area (Å²) in [5.74, 6) is -0.350. The van der Waals surface area contributed by atoms with Crippen molar-refractivity contribution in [1.29, 1.82) is 0 Å². The maximum absolute atomic E-state index is 11.2. The number of carbonyl (C=O) groups excluding carboxylic acids is 1. The third-order valence-electron chi connectivity index (χ3n) is 4.50. The molecule has 0 N–H and O–H groups in total. The van der Waals surface area contributed by atoms with Crippen LogP contribution < -0.4 is 0 Å². The molecule has 1 fully saturated rings. The van der Waals surface area contributed by atoms with Crippen molar-refractivity contribution in [2.24, 2.45) is 0 Å². The predicted octanol–water partition coefficient (Wildman–Crippen LogP) is 3.50. The molecule has 0 aromatic carbocycles. The van der Waals surface area contributed by atoms with Crippen LogP contribution in [-0.4, -0.2) is 49.9 Å². The summed E-state index contributed by atoms with van der Waals surface area (Å²) in [7, 11) is -0.279. The molecule has 130 valence electrons. The van der Waals surface area contributed by atoms with Crippen molar-refractivity contribution < 1.29 is 23.4 Å². The standard InChI is InChI=1S/C15H29IO5Si/c1-9-12(21-22(7,8)15(3,4)5)13(18-6)11(16)14(19-9)20-10(2)17/h9,11-14H,1-8H3/t9-,11-,12-,13-,14-/m1/s1. The average Bonchev–Trinajstić information content (AvgIpc) is 2.33. The van der Waals surface area contributed by atoms with E-state index in [9.17, 15) is 4.79 Å². The summed E-state index contributed by atoms with van der Waals surface area (Å²) in [5, 5.41) is 0.110. The Morgan fingerprint density at radius 1 is 1.23 bits per heavy atom. The molecule has 1 aliphatic heterocycles. The van der Waals surface area contributed by atoms with Crippen LogP contribution in [0, 0.1) is 0 Å². The van der Waals surface area contributed by atoms with Gasteiger partial charge in [-0.3, -0.25) is 4.79 Å². The smallest absolute Gasteiger partial charge is 0.304 e. The maximum Gasteiger partial charge on any atom is 0.304 e. The monoisotopic (exact) mass is 444 g/mol. The van der Waals surface area contributed by atoms with E-state index in [1.165, 1.54) is 6.92 Å². The van der Waals surface area contributed by atoms with Crippen molar-refractivity contribution in [2.45, 2.75) is 81.3 Å². The summed E-state index contributed by atoms with van der Waals surface area (Å²) in [6.07, 6.45) is -1.14. The lowest BCUT2D eigenvalue weighted by atomic mass is 10.0. The van der Waals surface area contributed by atoms with Crippen molar-refractivity contribution in [1.82, 2.24) is 0 Å². The minimum absolute atomic E-state index is 0.110. The molecule has 0 unspecified atom stereocenters. The van der Waals surface area contributed by atoms with E-state index < -0.39 is 14.6 Å². The van der Waals surface area contributed by atoms with Gasteiger partial charge < -0.3 is 18.6 Å². The van der Waals surface area contributed by atoms with Crippen LogP contribution in [0.4, 0.5) is 0 Å². The van der Waals surface area contributed by atoms with E-state index in [0.29, 0.717) is 0 Å². The van der Waals surface area contributed by atoms with Gasteiger partial charge in [-0.2, -0.15) is 0 Å². The van der Waals surface area contributed by atoms with Crippen LogP contribution in [0.25, 0.3) is 0 Å². The van der Waals surface area contributed by atoms with E-state index in [-0.39, 0.29) is 33.2 Å². The highest BCUT2D eigenvalue weighted by Gasteiger charge is 2.49. The molecule has 0 aliphatic carbocycles. The molecule has 1 rings (SSSR count). The van der Waals surface area contributed by atoms with E-state index in [1.54, 1.807) is 7.11 Å². The van der Waals surface area contributed by atoms with Gasteiger partial charge in [0.05, 0.1) is 12.2 Å². The summed E-state index contributed by atoms with van der Waals surface area (Å²) in [5.41, 5.74) is 0. The second kappa shape index (κ2) is 7.46. The number of halogens is 1. The van der Waals surface area contributed by atoms with E-state index in [1.807, 2.05) is 6.92 Å². The summed E-state index contributed by atoms with van der Waals surface area (Å²) in [4.78, 5) is 11.2. The summed E-state index contributed by atoms with van der Waals surface area (Å²) in [6, 6.07) is 0. The highest BCUT2D eigenvalue weighted by atomic mass is 127. The number of ether oxygens (including phenoxy) is 3. The average molecular weight is 444 g/mol. The highest BCUT2D eigenvalue weighted by Crippen LogP contribution is 2.40. The number of hydrogen-bond donors (Lipinski definition) is 0. The molecular weight excluding hydrogens is 415 g/mol. The Morgan fingerprint density at radius 3 is 2.18 bits per heavy atom. The van der Waals surface area contributed by atoms with Gasteiger partial charge >= 0.3 is 5.97 Å². The van der Waals surface area contributed by atoms with Crippen LogP contribution in [0.2, 0.25) is 18.1 Å². The number of esters is 1. The Labute approximate surface area is 148 Å². The quantitative estimate of drug-likeness (QED) is 0.288. The van der Waals surface area contributed by atoms with Gasteiger partial charge in [0.2, 0.25) is 6.29 Å². The summed E-state index contributed by atoms with van der Waals surface area (Å²) in [6.45, 7) is 14.4. The van der Waals surface area contributed by atoms with Crippen LogP contribution in [0.5, 0.6) is 0 Å². The van der Waals surface area contributed by atoms with Gasteiger partial charge in [-0.05, 0) is 25.1 Å². The maximum atomic E-state index is 11.2. The van der Waals surface area contributed by atoms with E-state index in [4.69, 9.17) is 18.6 Å². The lowest BCUT2D eigenvalue weighted by Gasteiger charge is -2.47. The lowest BCUT2D eigenvalue weighted by molar-refractivity contribution is -0.234. The summed E-state index contributed by atoms with van der Waals surface area (Å²) >= 11 is 2.22. The highest BCUT2D eigenvalue weighted by molar-refractivity contribution is 14.1. The lowest BCUT2D eigenvalue weighted by Crippen LogP contribution is -2.60. The SMILES string of the molecule is CO[C@@H]1[C@@H](I)[C@@H](OC(C)=O)O[C@H](C)[C@H]1O[Si](C)(C)C(C)(C)C. The van der Waals surface area contributed by atoms with Crippen LogP contribution in [0.15, 0.2) is 0 Å². The number of methoxy groups -OCH3 is 1. The Morgan fingerprint density at radius 2 is 1.77 bits per heavy atom. The molecule has 0 radical (unpaired) electrons. The molecule has 0 aromatic rings. The third-order valence-corrected chi connectivity index (χ3v) is 10.3. The third kappa shape index (κ3) is 4.65. The second-order valence-electron chi connectivity index (χ2n) is 7.31. The zero-order valence-corrected chi connectivity index (χ0v) is 18.0. The fourth-order valence-corrected chi connectivity index (χ4v) is 4.55. The predicted molar refractivity (Wildman–Crippen MR) is 96.8 cm³/mol. The van der Waals surface area contributed by atoms with Crippen LogP contribution in [0.1, 0.15) is 34.6 Å². The number of rotatable bonds is 4. The molecule has 22 heavy (non-hydrogen) atoms. The molecule has 1 aliphatic rings. The number of alkyl halides is 1. The van der Waals surface area contributed by atoms with Crippen molar-refractivity contribution in [3.63, 3.8) is 0 Å². The fourth-order valence-electron chi connectivity index (χ4n) is 2.17. The molecule has 0 spiro atoms. The van der Waals surface area contributed by atoms with E-state index in [0.717, 1.165) is 0 Å². The van der Waals surface area contributed by atoms with Gasteiger partial charge in [-0.25, -0.2) is 0 Å². The second-order valence-corrected chi connectivity index (χ2v) is 13.5. The normalized spacial score (nSPS) is 33.6. The molecule has 5 atom stereocenters. The Balaban J connectivity index is 2.94. The fraction of sp³-hybridized carbons (Fsp3) is 0.933. The van der Waals surface area contributed by atoms with Crippen LogP contribution >= 0.6 is 22.6 Å². The van der Waals surface area contributed by atoms with Crippen LogP contribution in [0.3, 0.4) is 0 Å². The first kappa shape index (κ1) is 20.3. The van der Waals surface area contributed by atoms with Gasteiger partial charge in [0.25, 0.3) is 0 Å². The molecule has 1 saturated heterocycles. The first-order valence-electron chi connectivity index (χ1n) is 7.58. The first-order valence-corrected chi connectivity index (χ1v) is 11.7. The number of carbonyl (C=O) groups is 1. The number of hydrogen-bond acceptors (Lipinski definition) is 5. The van der Waals surface area contributed by atoms with Gasteiger partial charge in [-0.1, -0.05) is 43.4 Å². The molecule has 0 bridgehead atoms. The molecule has 0 amide bonds. The molecule has 1 heterocycles. The van der Waals surface area contributed by atoms with E-state index in [2.05, 4.69) is 56.5 Å². The van der Waals surface area contributed by atoms with Gasteiger partial charge in [-0.15, -0.1) is 0 Å². The Kier molecular flexibility index (Phi) is 6.90. The van der Waals surface area contributed by atoms with Gasteiger partial charge in [0, 0.05) is 14.0 Å². The molecule has 0 aromatic heterocycles. The van der Waals surface area contributed by atoms with Crippen molar-refractivity contribution >= 4 is 36.9 Å². The molecule has 0 saturated carbocycles. The topological polar surface area (TPSA) is 54.0 Å². The van der Waals surface area contributed by atoms with Crippen molar-refractivity contribution in [3.8, 4) is 0 Å². The molecular formula is C15H29IO5Si. The molecule has 7 heteroatoms. The van der Waals surface area contributed by atoms with Gasteiger partial charge in [0.15, 0.2) is 8.32 Å². The zero-order chi connectivity index (χ0) is 17.3. The Bertz CT molecular complexity index is 396. The minimum atomic E-state index is -1.95. The largest absolute Gasteiger partial charge is 0.435 e. The first-order chi connectivity index (χ1) is 9.90. The van der Waals surface area contributed by atoms with Gasteiger partial charge in [0.1, 0.15) is 10.0 Å². The van der Waals surface area contributed by atoms with Crippen LogP contribution in [-0.2, 0) is 23.4 Å². The zero-order valence-electron chi connectivity index (χ0n) is 14.8. The van der Waals surface area contributed by atoms with Crippen molar-refractivity contribution in [2.75, 3.05) is 7.11 Å². The van der Waals surface area contributed by atoms with E-state index >= 15 is 0 Å². The molecule has 5 nitrogen and oxygen atoms in total.